The third kappa shape index (κ3) is 4.40. The van der Waals surface area contributed by atoms with Crippen LogP contribution in [0.25, 0.3) is 10.1 Å². The van der Waals surface area contributed by atoms with Gasteiger partial charge in [0.05, 0.1) is 0 Å². The lowest BCUT2D eigenvalue weighted by Crippen LogP contribution is -2.38. The summed E-state index contributed by atoms with van der Waals surface area (Å²) in [6.07, 6.45) is 4.26. The van der Waals surface area contributed by atoms with Gasteiger partial charge in [0, 0.05) is 28.8 Å². The van der Waals surface area contributed by atoms with Crippen molar-refractivity contribution < 1.29 is 19.5 Å². The number of rotatable bonds is 6. The molecule has 0 aliphatic heterocycles. The molecule has 1 saturated carbocycles. The average Bonchev–Trinajstić information content (AvgIpc) is 3.23. The molecule has 1 atom stereocenters. The molecule has 7 heteroatoms. The molecule has 1 fully saturated rings. The zero-order valence-electron chi connectivity index (χ0n) is 14.6. The fourth-order valence-corrected chi connectivity index (χ4v) is 4.20. The maximum absolute atomic E-state index is 12.2. The van der Waals surface area contributed by atoms with Crippen molar-refractivity contribution in [3.8, 4) is 0 Å². The van der Waals surface area contributed by atoms with Crippen LogP contribution >= 0.6 is 11.3 Å². The first-order chi connectivity index (χ1) is 12.4. The second-order valence-electron chi connectivity index (χ2n) is 6.81. The van der Waals surface area contributed by atoms with Crippen molar-refractivity contribution >= 4 is 44.9 Å². The van der Waals surface area contributed by atoms with Crippen molar-refractivity contribution in [2.24, 2.45) is 5.92 Å². The number of nitrogens with one attached hydrogen (secondary N) is 2. The van der Waals surface area contributed by atoms with Crippen LogP contribution in [-0.4, -0.2) is 28.9 Å². The van der Waals surface area contributed by atoms with Crippen LogP contribution < -0.4 is 10.6 Å². The molecule has 2 amide bonds. The number of thiophene rings is 1. The van der Waals surface area contributed by atoms with Gasteiger partial charge in [0.15, 0.2) is 0 Å². The molecule has 1 heterocycles. The average molecular weight is 374 g/mol. The summed E-state index contributed by atoms with van der Waals surface area (Å²) in [5.41, 5.74) is 0.617. The molecule has 1 unspecified atom stereocenters. The van der Waals surface area contributed by atoms with Gasteiger partial charge in [0.2, 0.25) is 11.8 Å². The molecule has 1 aliphatic rings. The van der Waals surface area contributed by atoms with Gasteiger partial charge in [-0.3, -0.25) is 9.59 Å². The van der Waals surface area contributed by atoms with Gasteiger partial charge in [-0.25, -0.2) is 4.79 Å². The molecule has 3 rings (SSSR count). The van der Waals surface area contributed by atoms with Crippen molar-refractivity contribution in [2.75, 3.05) is 5.32 Å². The van der Waals surface area contributed by atoms with E-state index in [-0.39, 0.29) is 35.1 Å². The van der Waals surface area contributed by atoms with Gasteiger partial charge < -0.3 is 15.7 Å². The van der Waals surface area contributed by atoms with E-state index >= 15 is 0 Å². The highest BCUT2D eigenvalue weighted by Crippen LogP contribution is 2.28. The number of benzene rings is 1. The number of carbonyl (C=O) groups excluding carboxylic acids is 2. The maximum Gasteiger partial charge on any atom is 0.345 e. The minimum absolute atomic E-state index is 0.0451. The van der Waals surface area contributed by atoms with Gasteiger partial charge in [0.1, 0.15) is 4.88 Å². The highest BCUT2D eigenvalue weighted by atomic mass is 32.1. The Bertz CT molecular complexity index is 839. The van der Waals surface area contributed by atoms with Crippen LogP contribution in [0.15, 0.2) is 24.3 Å². The molecule has 3 N–H and O–H groups in total. The number of hydrogen-bond donors (Lipinski definition) is 3. The smallest absolute Gasteiger partial charge is 0.345 e. The predicted molar refractivity (Wildman–Crippen MR) is 102 cm³/mol. The van der Waals surface area contributed by atoms with Gasteiger partial charge >= 0.3 is 5.97 Å². The van der Waals surface area contributed by atoms with E-state index in [9.17, 15) is 14.4 Å². The Labute approximate surface area is 155 Å². The number of anilines is 1. The van der Waals surface area contributed by atoms with Gasteiger partial charge in [-0.05, 0) is 49.4 Å². The molecule has 0 bridgehead atoms. The number of carboxylic acids is 1. The summed E-state index contributed by atoms with van der Waals surface area (Å²) in [5.74, 6) is -1.01. The van der Waals surface area contributed by atoms with E-state index in [0.29, 0.717) is 5.69 Å². The minimum Gasteiger partial charge on any atom is -0.477 e. The highest BCUT2D eigenvalue weighted by molar-refractivity contribution is 7.20. The van der Waals surface area contributed by atoms with Gasteiger partial charge in [-0.2, -0.15) is 0 Å². The monoisotopic (exact) mass is 374 g/mol. The summed E-state index contributed by atoms with van der Waals surface area (Å²) in [4.78, 5) is 35.6. The largest absolute Gasteiger partial charge is 0.477 e. The fourth-order valence-electron chi connectivity index (χ4n) is 3.32. The van der Waals surface area contributed by atoms with Crippen molar-refractivity contribution in [1.82, 2.24) is 5.32 Å². The van der Waals surface area contributed by atoms with Crippen molar-refractivity contribution in [3.63, 3.8) is 0 Å². The van der Waals surface area contributed by atoms with E-state index in [4.69, 9.17) is 5.11 Å². The van der Waals surface area contributed by atoms with Crippen LogP contribution in [0.2, 0.25) is 0 Å². The molecule has 1 aromatic carbocycles. The van der Waals surface area contributed by atoms with E-state index in [2.05, 4.69) is 10.6 Å². The summed E-state index contributed by atoms with van der Waals surface area (Å²) >= 11 is 1.20. The van der Waals surface area contributed by atoms with E-state index in [1.165, 1.54) is 11.3 Å². The molecule has 138 valence electrons. The standard InChI is InChI=1S/C19H22N2O4S/c1-11(20-18(23)12-4-2-3-5-12)8-17(22)21-14-6-7-15-13(9-14)10-16(26-15)19(24)25/h6-7,9-12H,2-5,8H2,1H3,(H,20,23)(H,21,22)(H,24,25). The highest BCUT2D eigenvalue weighted by Gasteiger charge is 2.24. The second-order valence-corrected chi connectivity index (χ2v) is 7.90. The molecule has 0 radical (unpaired) electrons. The Morgan fingerprint density at radius 3 is 2.65 bits per heavy atom. The summed E-state index contributed by atoms with van der Waals surface area (Å²) in [7, 11) is 0. The van der Waals surface area contributed by atoms with Gasteiger partial charge in [0.25, 0.3) is 0 Å². The Hall–Kier alpha value is -2.41. The predicted octanol–water partition coefficient (Wildman–Crippen LogP) is 3.62. The minimum atomic E-state index is -0.955. The summed E-state index contributed by atoms with van der Waals surface area (Å²) in [6, 6.07) is 6.68. The van der Waals surface area contributed by atoms with Gasteiger partial charge in [-0.1, -0.05) is 12.8 Å². The Kier molecular flexibility index (Phi) is 5.56. The Morgan fingerprint density at radius 2 is 1.96 bits per heavy atom. The summed E-state index contributed by atoms with van der Waals surface area (Å²) in [6.45, 7) is 1.83. The SMILES string of the molecule is CC(CC(=O)Nc1ccc2sc(C(=O)O)cc2c1)NC(=O)C1CCCC1. The zero-order chi connectivity index (χ0) is 18.7. The van der Waals surface area contributed by atoms with Crippen LogP contribution in [0.3, 0.4) is 0 Å². The molecule has 0 spiro atoms. The van der Waals surface area contributed by atoms with E-state index in [0.717, 1.165) is 35.8 Å². The molecule has 1 aromatic heterocycles. The van der Waals surface area contributed by atoms with Crippen LogP contribution in [0.5, 0.6) is 0 Å². The van der Waals surface area contributed by atoms with Crippen LogP contribution in [0.1, 0.15) is 48.7 Å². The van der Waals surface area contributed by atoms with Crippen LogP contribution in [0, 0.1) is 5.92 Å². The Morgan fingerprint density at radius 1 is 1.23 bits per heavy atom. The fraction of sp³-hybridized carbons (Fsp3) is 0.421. The lowest BCUT2D eigenvalue weighted by Gasteiger charge is -2.16. The number of aromatic carboxylic acids is 1. The molecule has 26 heavy (non-hydrogen) atoms. The van der Waals surface area contributed by atoms with Crippen LogP contribution in [0.4, 0.5) is 5.69 Å². The van der Waals surface area contributed by atoms with Crippen molar-refractivity contribution in [2.45, 2.75) is 45.1 Å². The number of carboxylic acid groups (broad SMARTS) is 1. The molecule has 2 aromatic rings. The second kappa shape index (κ2) is 7.86. The number of hydrogen-bond acceptors (Lipinski definition) is 4. The first-order valence-electron chi connectivity index (χ1n) is 8.79. The van der Waals surface area contributed by atoms with E-state index < -0.39 is 5.97 Å². The summed E-state index contributed by atoms with van der Waals surface area (Å²) < 4.78 is 0.859. The third-order valence-electron chi connectivity index (χ3n) is 4.62. The third-order valence-corrected chi connectivity index (χ3v) is 5.72. The lowest BCUT2D eigenvalue weighted by atomic mass is 10.1. The normalized spacial score (nSPS) is 15.7. The first kappa shape index (κ1) is 18.4. The maximum atomic E-state index is 12.2. The van der Waals surface area contributed by atoms with E-state index in [1.807, 2.05) is 6.92 Å². The van der Waals surface area contributed by atoms with Crippen molar-refractivity contribution in [3.05, 3.63) is 29.1 Å². The molecular formula is C19H22N2O4S. The van der Waals surface area contributed by atoms with Crippen LogP contribution in [-0.2, 0) is 9.59 Å². The lowest BCUT2D eigenvalue weighted by molar-refractivity contribution is -0.125. The topological polar surface area (TPSA) is 95.5 Å². The summed E-state index contributed by atoms with van der Waals surface area (Å²) in [5, 5.41) is 15.6. The molecule has 0 saturated heterocycles. The zero-order valence-corrected chi connectivity index (χ0v) is 15.4. The molecule has 6 nitrogen and oxygen atoms in total. The molecule has 1 aliphatic carbocycles. The van der Waals surface area contributed by atoms with Crippen molar-refractivity contribution in [1.29, 1.82) is 0 Å². The quantitative estimate of drug-likeness (QED) is 0.719. The first-order valence-corrected chi connectivity index (χ1v) is 9.61. The van der Waals surface area contributed by atoms with Gasteiger partial charge in [-0.15, -0.1) is 11.3 Å². The molecular weight excluding hydrogens is 352 g/mol. The number of amides is 2. The number of fused-ring (bicyclic) bond motifs is 1. The van der Waals surface area contributed by atoms with E-state index in [1.54, 1.807) is 24.3 Å². The Balaban J connectivity index is 1.56. The number of carbonyl (C=O) groups is 3.